The van der Waals surface area contributed by atoms with Gasteiger partial charge in [-0.25, -0.2) is 0 Å². The first-order chi connectivity index (χ1) is 7.70. The van der Waals surface area contributed by atoms with Gasteiger partial charge in [0.25, 0.3) is 0 Å². The van der Waals surface area contributed by atoms with Crippen LogP contribution in [0.5, 0.6) is 0 Å². The molecule has 1 aliphatic carbocycles. The van der Waals surface area contributed by atoms with E-state index in [0.717, 1.165) is 19.4 Å². The van der Waals surface area contributed by atoms with E-state index in [0.29, 0.717) is 18.0 Å². The monoisotopic (exact) mass is 224 g/mol. The van der Waals surface area contributed by atoms with Crippen molar-refractivity contribution in [1.29, 1.82) is 0 Å². The van der Waals surface area contributed by atoms with Crippen LogP contribution in [0.25, 0.3) is 0 Å². The summed E-state index contributed by atoms with van der Waals surface area (Å²) in [6.45, 7) is 3.21. The van der Waals surface area contributed by atoms with E-state index in [1.165, 1.54) is 25.7 Å². The van der Waals surface area contributed by atoms with Crippen LogP contribution in [-0.4, -0.2) is 36.5 Å². The second-order valence-electron chi connectivity index (χ2n) is 5.38. The van der Waals surface area contributed by atoms with Gasteiger partial charge in [0.15, 0.2) is 0 Å². The summed E-state index contributed by atoms with van der Waals surface area (Å²) in [7, 11) is 2.00. The third-order valence-electron chi connectivity index (χ3n) is 4.30. The molecule has 1 heterocycles. The summed E-state index contributed by atoms with van der Waals surface area (Å²) in [6.07, 6.45) is 7.19. The summed E-state index contributed by atoms with van der Waals surface area (Å²) >= 11 is 0. The van der Waals surface area contributed by atoms with Gasteiger partial charge in [0, 0.05) is 19.1 Å². The summed E-state index contributed by atoms with van der Waals surface area (Å²) in [6, 6.07) is 0.867. The molecule has 1 amide bonds. The van der Waals surface area contributed by atoms with E-state index in [1.807, 2.05) is 11.9 Å². The Morgan fingerprint density at radius 3 is 2.50 bits per heavy atom. The van der Waals surface area contributed by atoms with Crippen LogP contribution in [0.4, 0.5) is 0 Å². The SMILES string of the molecule is CC1NCCCC1C(=O)N(C)C1CCCC1. The average Bonchev–Trinajstić information content (AvgIpc) is 2.81. The molecule has 0 aromatic heterocycles. The molecule has 0 spiro atoms. The molecule has 0 radical (unpaired) electrons. The zero-order valence-electron chi connectivity index (χ0n) is 10.5. The summed E-state index contributed by atoms with van der Waals surface area (Å²) in [5, 5.41) is 3.41. The number of piperidine rings is 1. The Balaban J connectivity index is 1.94. The molecule has 1 saturated carbocycles. The topological polar surface area (TPSA) is 32.3 Å². The highest BCUT2D eigenvalue weighted by atomic mass is 16.2. The summed E-state index contributed by atoms with van der Waals surface area (Å²) in [5.74, 6) is 0.575. The number of hydrogen-bond acceptors (Lipinski definition) is 2. The molecule has 92 valence electrons. The van der Waals surface area contributed by atoms with Gasteiger partial charge in [-0.2, -0.15) is 0 Å². The molecule has 1 aliphatic heterocycles. The first kappa shape index (κ1) is 11.9. The number of amides is 1. The number of hydrogen-bond donors (Lipinski definition) is 1. The van der Waals surface area contributed by atoms with E-state index >= 15 is 0 Å². The Morgan fingerprint density at radius 2 is 1.88 bits per heavy atom. The number of nitrogens with one attached hydrogen (secondary N) is 1. The summed E-state index contributed by atoms with van der Waals surface area (Å²) in [5.41, 5.74) is 0. The van der Waals surface area contributed by atoms with E-state index < -0.39 is 0 Å². The number of nitrogens with zero attached hydrogens (tertiary/aromatic N) is 1. The minimum Gasteiger partial charge on any atom is -0.342 e. The lowest BCUT2D eigenvalue weighted by molar-refractivity contribution is -0.137. The molecular weight excluding hydrogens is 200 g/mol. The fraction of sp³-hybridized carbons (Fsp3) is 0.923. The van der Waals surface area contributed by atoms with Crippen LogP contribution in [0.2, 0.25) is 0 Å². The maximum absolute atomic E-state index is 12.4. The van der Waals surface area contributed by atoms with Crippen molar-refractivity contribution >= 4 is 5.91 Å². The molecule has 2 fully saturated rings. The minimum absolute atomic E-state index is 0.208. The second-order valence-corrected chi connectivity index (χ2v) is 5.38. The van der Waals surface area contributed by atoms with Gasteiger partial charge in [-0.1, -0.05) is 12.8 Å². The average molecular weight is 224 g/mol. The highest BCUT2D eigenvalue weighted by molar-refractivity contribution is 5.79. The number of carbonyl (C=O) groups is 1. The molecule has 0 aromatic carbocycles. The molecule has 2 atom stereocenters. The predicted molar refractivity (Wildman–Crippen MR) is 65.2 cm³/mol. The third kappa shape index (κ3) is 2.40. The quantitative estimate of drug-likeness (QED) is 0.775. The van der Waals surface area contributed by atoms with Crippen molar-refractivity contribution in [3.63, 3.8) is 0 Å². The van der Waals surface area contributed by atoms with Crippen molar-refractivity contribution in [1.82, 2.24) is 10.2 Å². The van der Waals surface area contributed by atoms with E-state index in [2.05, 4.69) is 12.2 Å². The molecule has 3 heteroatoms. The van der Waals surface area contributed by atoms with Crippen molar-refractivity contribution in [2.75, 3.05) is 13.6 Å². The molecule has 3 nitrogen and oxygen atoms in total. The van der Waals surface area contributed by atoms with Crippen LogP contribution in [0.1, 0.15) is 45.4 Å². The van der Waals surface area contributed by atoms with Gasteiger partial charge >= 0.3 is 0 Å². The van der Waals surface area contributed by atoms with Gasteiger partial charge in [0.2, 0.25) is 5.91 Å². The molecular formula is C13H24N2O. The molecule has 16 heavy (non-hydrogen) atoms. The first-order valence-corrected chi connectivity index (χ1v) is 6.70. The summed E-state index contributed by atoms with van der Waals surface area (Å²) < 4.78 is 0. The Morgan fingerprint density at radius 1 is 1.19 bits per heavy atom. The second kappa shape index (κ2) is 5.17. The molecule has 2 aliphatic rings. The highest BCUT2D eigenvalue weighted by Gasteiger charge is 2.32. The molecule has 0 bridgehead atoms. The van der Waals surface area contributed by atoms with Gasteiger partial charge in [-0.3, -0.25) is 4.79 Å². The van der Waals surface area contributed by atoms with E-state index in [-0.39, 0.29) is 5.92 Å². The Hall–Kier alpha value is -0.570. The fourth-order valence-electron chi connectivity index (χ4n) is 3.11. The highest BCUT2D eigenvalue weighted by Crippen LogP contribution is 2.26. The molecule has 1 saturated heterocycles. The fourth-order valence-corrected chi connectivity index (χ4v) is 3.11. The Bertz CT molecular complexity index is 248. The number of carbonyl (C=O) groups excluding carboxylic acids is 1. The molecule has 0 aromatic rings. The van der Waals surface area contributed by atoms with Crippen molar-refractivity contribution in [3.05, 3.63) is 0 Å². The maximum Gasteiger partial charge on any atom is 0.227 e. The largest absolute Gasteiger partial charge is 0.342 e. The normalized spacial score (nSPS) is 31.6. The van der Waals surface area contributed by atoms with Crippen molar-refractivity contribution in [3.8, 4) is 0 Å². The van der Waals surface area contributed by atoms with Gasteiger partial charge in [0.05, 0.1) is 5.92 Å². The van der Waals surface area contributed by atoms with Crippen LogP contribution in [0.3, 0.4) is 0 Å². The molecule has 2 rings (SSSR count). The lowest BCUT2D eigenvalue weighted by atomic mass is 9.90. The Labute approximate surface area is 98.6 Å². The van der Waals surface area contributed by atoms with Crippen molar-refractivity contribution in [2.45, 2.75) is 57.5 Å². The smallest absolute Gasteiger partial charge is 0.227 e. The maximum atomic E-state index is 12.4. The minimum atomic E-state index is 0.208. The zero-order valence-corrected chi connectivity index (χ0v) is 10.5. The van der Waals surface area contributed by atoms with Crippen LogP contribution >= 0.6 is 0 Å². The van der Waals surface area contributed by atoms with E-state index in [1.54, 1.807) is 0 Å². The molecule has 2 unspecified atom stereocenters. The van der Waals surface area contributed by atoms with E-state index in [9.17, 15) is 4.79 Å². The van der Waals surface area contributed by atoms with Crippen LogP contribution < -0.4 is 5.32 Å². The van der Waals surface area contributed by atoms with Crippen LogP contribution in [0.15, 0.2) is 0 Å². The molecule has 1 N–H and O–H groups in total. The van der Waals surface area contributed by atoms with Gasteiger partial charge in [-0.05, 0) is 39.2 Å². The predicted octanol–water partition coefficient (Wildman–Crippen LogP) is 1.78. The van der Waals surface area contributed by atoms with Crippen molar-refractivity contribution in [2.24, 2.45) is 5.92 Å². The third-order valence-corrected chi connectivity index (χ3v) is 4.30. The zero-order chi connectivity index (χ0) is 11.5. The number of rotatable bonds is 2. The van der Waals surface area contributed by atoms with E-state index in [4.69, 9.17) is 0 Å². The first-order valence-electron chi connectivity index (χ1n) is 6.70. The van der Waals surface area contributed by atoms with Crippen molar-refractivity contribution < 1.29 is 4.79 Å². The van der Waals surface area contributed by atoms with Gasteiger partial charge < -0.3 is 10.2 Å². The lowest BCUT2D eigenvalue weighted by Crippen LogP contribution is -2.49. The van der Waals surface area contributed by atoms with Crippen LogP contribution in [-0.2, 0) is 4.79 Å². The summed E-state index contributed by atoms with van der Waals surface area (Å²) in [4.78, 5) is 14.4. The van der Waals surface area contributed by atoms with Gasteiger partial charge in [0.1, 0.15) is 0 Å². The standard InChI is InChI=1S/C13H24N2O/c1-10-12(8-5-9-14-10)13(16)15(2)11-6-3-4-7-11/h10-12,14H,3-9H2,1-2H3. The van der Waals surface area contributed by atoms with Gasteiger partial charge in [-0.15, -0.1) is 0 Å². The lowest BCUT2D eigenvalue weighted by Gasteiger charge is -2.34. The Kier molecular flexibility index (Phi) is 3.85. The van der Waals surface area contributed by atoms with Crippen LogP contribution in [0, 0.1) is 5.92 Å².